The number of hydrogen-bond donors (Lipinski definition) is 2. The van der Waals surface area contributed by atoms with Gasteiger partial charge in [-0.2, -0.15) is 0 Å². The summed E-state index contributed by atoms with van der Waals surface area (Å²) in [6, 6.07) is 20.1. The Kier molecular flexibility index (Phi) is 7.14. The van der Waals surface area contributed by atoms with E-state index in [9.17, 15) is 4.79 Å². The minimum Gasteiger partial charge on any atom is -0.495 e. The zero-order valence-electron chi connectivity index (χ0n) is 23.1. The summed E-state index contributed by atoms with van der Waals surface area (Å²) in [5.74, 6) is 0.408. The summed E-state index contributed by atoms with van der Waals surface area (Å²) in [5, 5.41) is 7.02. The molecule has 0 saturated carbocycles. The number of amides is 1. The molecular formula is C31H33N5O2S. The van der Waals surface area contributed by atoms with Gasteiger partial charge in [0.25, 0.3) is 0 Å². The van der Waals surface area contributed by atoms with Crippen molar-refractivity contribution in [1.29, 1.82) is 0 Å². The molecule has 0 aliphatic carbocycles. The number of nitrogens with zero attached hydrogens (tertiary/aromatic N) is 3. The largest absolute Gasteiger partial charge is 0.495 e. The average molecular weight is 540 g/mol. The molecule has 5 rings (SSSR count). The molecule has 3 heterocycles. The molecule has 7 nitrogen and oxygen atoms in total. The molecule has 2 aromatic carbocycles. The molecule has 0 radical (unpaired) electrons. The normalized spacial score (nSPS) is 16.8. The number of thiocarbonyl (C=S) groups is 1. The standard InChI is InChI=1S/C31H33N5O2S/c1-18-10-11-19(2)27(15-18)35-20(3)16-24(21(35)4)30-29(25-9-7-8-14-32-25)34-31(39)36(30)23-12-13-28(38-6)26(17-23)33-22(5)37/h7-17,29-30H,1-6H3,(H,33,37)(H,34,39)/t29-,30-/m1/s1. The van der Waals surface area contributed by atoms with Crippen molar-refractivity contribution in [3.8, 4) is 11.4 Å². The quantitative estimate of drug-likeness (QED) is 0.282. The highest BCUT2D eigenvalue weighted by Gasteiger charge is 2.42. The first-order valence-corrected chi connectivity index (χ1v) is 13.3. The van der Waals surface area contributed by atoms with Crippen LogP contribution >= 0.6 is 12.2 Å². The minimum atomic E-state index is -0.184. The maximum absolute atomic E-state index is 11.9. The van der Waals surface area contributed by atoms with E-state index in [0.29, 0.717) is 16.5 Å². The SMILES string of the molecule is COc1ccc(N2C(=S)N[C@H](c3ccccn3)[C@H]2c2cc(C)n(-c3cc(C)ccc3C)c2C)cc1NC(C)=O. The molecule has 1 aliphatic heterocycles. The van der Waals surface area contributed by atoms with E-state index in [-0.39, 0.29) is 18.0 Å². The summed E-state index contributed by atoms with van der Waals surface area (Å²) in [6.07, 6.45) is 1.81. The maximum atomic E-state index is 11.9. The Hall–Kier alpha value is -4.17. The lowest BCUT2D eigenvalue weighted by Crippen LogP contribution is -2.29. The molecule has 0 spiro atoms. The van der Waals surface area contributed by atoms with Crippen molar-refractivity contribution in [2.45, 2.75) is 46.7 Å². The lowest BCUT2D eigenvalue weighted by atomic mass is 9.96. The topological polar surface area (TPSA) is 71.4 Å². The van der Waals surface area contributed by atoms with Crippen molar-refractivity contribution < 1.29 is 9.53 Å². The van der Waals surface area contributed by atoms with Gasteiger partial charge in [-0.25, -0.2) is 0 Å². The second-order valence-corrected chi connectivity index (χ2v) is 10.4. The summed E-state index contributed by atoms with van der Waals surface area (Å²) < 4.78 is 7.83. The molecule has 0 unspecified atom stereocenters. The number of aryl methyl sites for hydroxylation is 3. The van der Waals surface area contributed by atoms with Gasteiger partial charge in [-0.15, -0.1) is 0 Å². The first-order valence-electron chi connectivity index (χ1n) is 12.9. The van der Waals surface area contributed by atoms with Crippen molar-refractivity contribution in [3.05, 3.63) is 101 Å². The monoisotopic (exact) mass is 539 g/mol. The van der Waals surface area contributed by atoms with Gasteiger partial charge in [0.05, 0.1) is 30.6 Å². The Morgan fingerprint density at radius 2 is 1.85 bits per heavy atom. The first-order chi connectivity index (χ1) is 18.7. The third-order valence-corrected chi connectivity index (χ3v) is 7.58. The van der Waals surface area contributed by atoms with Gasteiger partial charge in [0.1, 0.15) is 5.75 Å². The number of ether oxygens (including phenoxy) is 1. The summed E-state index contributed by atoms with van der Waals surface area (Å²) in [6.45, 7) is 10.0. The van der Waals surface area contributed by atoms with E-state index in [4.69, 9.17) is 21.9 Å². The van der Waals surface area contributed by atoms with Crippen LogP contribution in [0.5, 0.6) is 5.75 Å². The fourth-order valence-corrected chi connectivity index (χ4v) is 5.85. The summed E-state index contributed by atoms with van der Waals surface area (Å²) in [5.41, 5.74) is 9.35. The molecule has 0 bridgehead atoms. The Balaban J connectivity index is 1.70. The molecule has 2 atom stereocenters. The molecule has 2 N–H and O–H groups in total. The lowest BCUT2D eigenvalue weighted by molar-refractivity contribution is -0.114. The van der Waals surface area contributed by atoms with E-state index in [1.807, 2.05) is 36.4 Å². The fourth-order valence-electron chi connectivity index (χ4n) is 5.50. The summed E-state index contributed by atoms with van der Waals surface area (Å²) in [7, 11) is 1.59. The van der Waals surface area contributed by atoms with Gasteiger partial charge in [-0.3, -0.25) is 9.78 Å². The summed E-state index contributed by atoms with van der Waals surface area (Å²) >= 11 is 5.94. The third kappa shape index (κ3) is 4.88. The van der Waals surface area contributed by atoms with Crippen LogP contribution in [-0.4, -0.2) is 27.7 Å². The second kappa shape index (κ2) is 10.5. The Bertz CT molecular complexity index is 1560. The molecule has 1 saturated heterocycles. The number of hydrogen-bond acceptors (Lipinski definition) is 4. The van der Waals surface area contributed by atoms with Crippen LogP contribution < -0.4 is 20.3 Å². The van der Waals surface area contributed by atoms with Crippen LogP contribution in [0.1, 0.15) is 52.8 Å². The molecular weight excluding hydrogens is 506 g/mol. The van der Waals surface area contributed by atoms with Gasteiger partial charge in [-0.05, 0) is 99.1 Å². The number of carbonyl (C=O) groups excluding carboxylic acids is 1. The zero-order valence-corrected chi connectivity index (χ0v) is 23.9. The third-order valence-electron chi connectivity index (χ3n) is 7.26. The van der Waals surface area contributed by atoms with Gasteiger partial charge < -0.3 is 24.8 Å². The molecule has 200 valence electrons. The molecule has 4 aromatic rings. The van der Waals surface area contributed by atoms with Crippen LogP contribution in [0.15, 0.2) is 66.9 Å². The molecule has 39 heavy (non-hydrogen) atoms. The van der Waals surface area contributed by atoms with Gasteiger partial charge >= 0.3 is 0 Å². The van der Waals surface area contributed by atoms with E-state index in [1.165, 1.54) is 23.7 Å². The van der Waals surface area contributed by atoms with Crippen molar-refractivity contribution in [2.75, 3.05) is 17.3 Å². The maximum Gasteiger partial charge on any atom is 0.221 e. The van der Waals surface area contributed by atoms with Crippen molar-refractivity contribution in [2.24, 2.45) is 0 Å². The number of nitrogens with one attached hydrogen (secondary N) is 2. The predicted octanol–water partition coefficient (Wildman–Crippen LogP) is 6.25. The first kappa shape index (κ1) is 26.4. The number of benzene rings is 2. The van der Waals surface area contributed by atoms with Crippen LogP contribution in [0.4, 0.5) is 11.4 Å². The van der Waals surface area contributed by atoms with Crippen LogP contribution in [0.25, 0.3) is 5.69 Å². The van der Waals surface area contributed by atoms with E-state index >= 15 is 0 Å². The summed E-state index contributed by atoms with van der Waals surface area (Å²) in [4.78, 5) is 18.8. The van der Waals surface area contributed by atoms with E-state index in [2.05, 4.69) is 72.1 Å². The average Bonchev–Trinajstić information content (AvgIpc) is 3.40. The smallest absolute Gasteiger partial charge is 0.221 e. The Morgan fingerprint density at radius 3 is 2.54 bits per heavy atom. The Labute approximate surface area is 234 Å². The van der Waals surface area contributed by atoms with Crippen LogP contribution in [0, 0.1) is 27.7 Å². The highest BCUT2D eigenvalue weighted by molar-refractivity contribution is 7.80. The fraction of sp³-hybridized carbons (Fsp3) is 0.258. The predicted molar refractivity (Wildman–Crippen MR) is 160 cm³/mol. The minimum absolute atomic E-state index is 0.174. The highest BCUT2D eigenvalue weighted by atomic mass is 32.1. The van der Waals surface area contributed by atoms with Crippen LogP contribution in [-0.2, 0) is 4.79 Å². The molecule has 1 aliphatic rings. The second-order valence-electron chi connectivity index (χ2n) is 10.0. The Morgan fingerprint density at radius 1 is 1.05 bits per heavy atom. The molecule has 8 heteroatoms. The molecule has 2 aromatic heterocycles. The number of pyridine rings is 1. The number of aromatic nitrogens is 2. The lowest BCUT2D eigenvalue weighted by Gasteiger charge is -2.29. The molecule has 1 fully saturated rings. The van der Waals surface area contributed by atoms with E-state index in [1.54, 1.807) is 13.3 Å². The van der Waals surface area contributed by atoms with Crippen LogP contribution in [0.2, 0.25) is 0 Å². The van der Waals surface area contributed by atoms with Crippen molar-refractivity contribution in [3.63, 3.8) is 0 Å². The van der Waals surface area contributed by atoms with Gasteiger partial charge in [-0.1, -0.05) is 18.2 Å². The van der Waals surface area contributed by atoms with Crippen LogP contribution in [0.3, 0.4) is 0 Å². The molecule has 1 amide bonds. The number of methoxy groups -OCH3 is 1. The van der Waals surface area contributed by atoms with Crippen molar-refractivity contribution >= 4 is 34.6 Å². The number of anilines is 2. The zero-order chi connectivity index (χ0) is 27.8. The van der Waals surface area contributed by atoms with Crippen molar-refractivity contribution in [1.82, 2.24) is 14.9 Å². The van der Waals surface area contributed by atoms with E-state index < -0.39 is 0 Å². The number of rotatable bonds is 6. The van der Waals surface area contributed by atoms with Gasteiger partial charge in [0.2, 0.25) is 5.91 Å². The van der Waals surface area contributed by atoms with Gasteiger partial charge in [0.15, 0.2) is 5.11 Å². The highest BCUT2D eigenvalue weighted by Crippen LogP contribution is 2.45. The number of carbonyl (C=O) groups is 1. The van der Waals surface area contributed by atoms with E-state index in [0.717, 1.165) is 28.3 Å². The van der Waals surface area contributed by atoms with Gasteiger partial charge in [0, 0.05) is 35.9 Å².